The molecule has 2 N–H and O–H groups in total. The molecule has 5 heteroatoms. The SMILES string of the molecule is CCN(CC)CCNC(=O)Cc1ccccc1C(=O)O. The molecule has 0 heterocycles. The van der Waals surface area contributed by atoms with Gasteiger partial charge in [0.1, 0.15) is 0 Å². The van der Waals surface area contributed by atoms with Crippen LogP contribution >= 0.6 is 0 Å². The number of nitrogens with zero attached hydrogens (tertiary/aromatic N) is 1. The summed E-state index contributed by atoms with van der Waals surface area (Å²) in [6.45, 7) is 7.44. The molecule has 0 radical (unpaired) electrons. The number of hydrogen-bond donors (Lipinski definition) is 2. The summed E-state index contributed by atoms with van der Waals surface area (Å²) in [6.07, 6.45) is 0.0979. The smallest absolute Gasteiger partial charge is 0.335 e. The number of amides is 1. The van der Waals surface area contributed by atoms with Gasteiger partial charge in [0.25, 0.3) is 0 Å². The fourth-order valence-electron chi connectivity index (χ4n) is 2.01. The number of carbonyl (C=O) groups excluding carboxylic acids is 1. The molecule has 110 valence electrons. The number of carboxylic acid groups (broad SMARTS) is 1. The van der Waals surface area contributed by atoms with Crippen molar-refractivity contribution in [3.8, 4) is 0 Å². The Balaban J connectivity index is 2.49. The van der Waals surface area contributed by atoms with E-state index in [4.69, 9.17) is 5.11 Å². The molecular formula is C15H22N2O3. The van der Waals surface area contributed by atoms with E-state index in [1.54, 1.807) is 18.2 Å². The van der Waals surface area contributed by atoms with Crippen molar-refractivity contribution in [2.24, 2.45) is 0 Å². The summed E-state index contributed by atoms with van der Waals surface area (Å²) in [5.41, 5.74) is 0.728. The molecule has 1 aromatic carbocycles. The first kappa shape index (κ1) is 16.2. The van der Waals surface area contributed by atoms with Crippen molar-refractivity contribution < 1.29 is 14.7 Å². The van der Waals surface area contributed by atoms with E-state index >= 15 is 0 Å². The average molecular weight is 278 g/mol. The Morgan fingerprint density at radius 1 is 1.20 bits per heavy atom. The minimum atomic E-state index is -1.00. The van der Waals surface area contributed by atoms with Crippen molar-refractivity contribution in [2.45, 2.75) is 20.3 Å². The lowest BCUT2D eigenvalue weighted by atomic mass is 10.0. The molecule has 0 aliphatic rings. The predicted octanol–water partition coefficient (Wildman–Crippen LogP) is 1.39. The fourth-order valence-corrected chi connectivity index (χ4v) is 2.01. The Hall–Kier alpha value is -1.88. The van der Waals surface area contributed by atoms with Crippen molar-refractivity contribution in [2.75, 3.05) is 26.2 Å². The number of likely N-dealkylation sites (N-methyl/N-ethyl adjacent to an activating group) is 1. The summed E-state index contributed by atoms with van der Waals surface area (Å²) in [5.74, 6) is -1.15. The van der Waals surface area contributed by atoms with Gasteiger partial charge < -0.3 is 15.3 Å². The van der Waals surface area contributed by atoms with Crippen molar-refractivity contribution in [1.82, 2.24) is 10.2 Å². The molecule has 0 atom stereocenters. The molecule has 5 nitrogen and oxygen atoms in total. The largest absolute Gasteiger partial charge is 0.478 e. The van der Waals surface area contributed by atoms with Gasteiger partial charge in [0, 0.05) is 13.1 Å². The van der Waals surface area contributed by atoms with Gasteiger partial charge in [0.2, 0.25) is 5.91 Å². The topological polar surface area (TPSA) is 69.6 Å². The number of carboxylic acids is 1. The van der Waals surface area contributed by atoms with Crippen LogP contribution in [0, 0.1) is 0 Å². The second kappa shape index (κ2) is 8.32. The molecular weight excluding hydrogens is 256 g/mol. The Kier molecular flexibility index (Phi) is 6.73. The minimum absolute atomic E-state index is 0.0979. The second-order valence-electron chi connectivity index (χ2n) is 4.52. The van der Waals surface area contributed by atoms with E-state index in [0.29, 0.717) is 12.1 Å². The Morgan fingerprint density at radius 2 is 1.85 bits per heavy atom. The third-order valence-electron chi connectivity index (χ3n) is 3.24. The van der Waals surface area contributed by atoms with Crippen molar-refractivity contribution >= 4 is 11.9 Å². The third kappa shape index (κ3) is 5.01. The van der Waals surface area contributed by atoms with Gasteiger partial charge in [-0.05, 0) is 24.7 Å². The van der Waals surface area contributed by atoms with Gasteiger partial charge in [-0.1, -0.05) is 32.0 Å². The molecule has 0 aromatic heterocycles. The first-order chi connectivity index (χ1) is 9.58. The summed E-state index contributed by atoms with van der Waals surface area (Å²) >= 11 is 0. The molecule has 0 bridgehead atoms. The van der Waals surface area contributed by atoms with E-state index in [0.717, 1.165) is 19.6 Å². The zero-order valence-electron chi connectivity index (χ0n) is 12.1. The number of carbonyl (C=O) groups is 2. The van der Waals surface area contributed by atoms with Gasteiger partial charge in [-0.2, -0.15) is 0 Å². The van der Waals surface area contributed by atoms with E-state index < -0.39 is 5.97 Å². The van der Waals surface area contributed by atoms with Gasteiger partial charge in [0.05, 0.1) is 12.0 Å². The predicted molar refractivity (Wildman–Crippen MR) is 77.9 cm³/mol. The second-order valence-corrected chi connectivity index (χ2v) is 4.52. The monoisotopic (exact) mass is 278 g/mol. The van der Waals surface area contributed by atoms with Crippen LogP contribution in [-0.2, 0) is 11.2 Å². The quantitative estimate of drug-likeness (QED) is 0.754. The normalized spacial score (nSPS) is 10.6. The van der Waals surface area contributed by atoms with Crippen molar-refractivity contribution in [3.63, 3.8) is 0 Å². The zero-order chi connectivity index (χ0) is 15.0. The van der Waals surface area contributed by atoms with Crippen molar-refractivity contribution in [1.29, 1.82) is 0 Å². The number of hydrogen-bond acceptors (Lipinski definition) is 3. The van der Waals surface area contributed by atoms with Gasteiger partial charge >= 0.3 is 5.97 Å². The lowest BCUT2D eigenvalue weighted by molar-refractivity contribution is -0.120. The van der Waals surface area contributed by atoms with Crippen LogP contribution in [0.5, 0.6) is 0 Å². The van der Waals surface area contributed by atoms with E-state index in [1.807, 2.05) is 0 Å². The van der Waals surface area contributed by atoms with Crippen LogP contribution in [0.2, 0.25) is 0 Å². The lowest BCUT2D eigenvalue weighted by Crippen LogP contribution is -2.35. The van der Waals surface area contributed by atoms with E-state index in [-0.39, 0.29) is 17.9 Å². The summed E-state index contributed by atoms with van der Waals surface area (Å²) < 4.78 is 0. The van der Waals surface area contributed by atoms with Crippen LogP contribution < -0.4 is 5.32 Å². The maximum Gasteiger partial charge on any atom is 0.335 e. The van der Waals surface area contributed by atoms with E-state index in [1.165, 1.54) is 6.07 Å². The lowest BCUT2D eigenvalue weighted by Gasteiger charge is -2.18. The summed E-state index contributed by atoms with van der Waals surface area (Å²) in [5, 5.41) is 11.9. The molecule has 0 fully saturated rings. The van der Waals surface area contributed by atoms with Gasteiger partial charge in [-0.25, -0.2) is 4.79 Å². The third-order valence-corrected chi connectivity index (χ3v) is 3.24. The highest BCUT2D eigenvalue weighted by atomic mass is 16.4. The Bertz CT molecular complexity index is 456. The minimum Gasteiger partial charge on any atom is -0.478 e. The summed E-state index contributed by atoms with van der Waals surface area (Å²) in [7, 11) is 0. The average Bonchev–Trinajstić information content (AvgIpc) is 2.44. The maximum atomic E-state index is 11.8. The number of nitrogens with one attached hydrogen (secondary N) is 1. The van der Waals surface area contributed by atoms with Crippen LogP contribution in [0.25, 0.3) is 0 Å². The maximum absolute atomic E-state index is 11.8. The number of rotatable bonds is 8. The van der Waals surface area contributed by atoms with E-state index in [2.05, 4.69) is 24.1 Å². The van der Waals surface area contributed by atoms with Crippen molar-refractivity contribution in [3.05, 3.63) is 35.4 Å². The molecule has 0 aliphatic carbocycles. The first-order valence-corrected chi connectivity index (χ1v) is 6.88. The highest BCUT2D eigenvalue weighted by Crippen LogP contribution is 2.09. The molecule has 20 heavy (non-hydrogen) atoms. The van der Waals surface area contributed by atoms with Crippen LogP contribution in [0.4, 0.5) is 0 Å². The van der Waals surface area contributed by atoms with Crippen LogP contribution in [-0.4, -0.2) is 48.1 Å². The molecule has 1 amide bonds. The Labute approximate surface area is 119 Å². The van der Waals surface area contributed by atoms with E-state index in [9.17, 15) is 9.59 Å². The molecule has 0 unspecified atom stereocenters. The summed E-state index contributed by atoms with van der Waals surface area (Å²) in [6, 6.07) is 6.59. The molecule has 0 aliphatic heterocycles. The highest BCUT2D eigenvalue weighted by Gasteiger charge is 2.12. The highest BCUT2D eigenvalue weighted by molar-refractivity contribution is 5.91. The number of aromatic carboxylic acids is 1. The first-order valence-electron chi connectivity index (χ1n) is 6.88. The van der Waals surface area contributed by atoms with Gasteiger partial charge in [-0.15, -0.1) is 0 Å². The fraction of sp³-hybridized carbons (Fsp3) is 0.467. The molecule has 0 saturated carbocycles. The Morgan fingerprint density at radius 3 is 2.45 bits per heavy atom. The standard InChI is InChI=1S/C15H22N2O3/c1-3-17(4-2)10-9-16-14(18)11-12-7-5-6-8-13(12)15(19)20/h5-8H,3-4,9-11H2,1-2H3,(H,16,18)(H,19,20). The molecule has 0 saturated heterocycles. The molecule has 1 rings (SSSR count). The van der Waals surface area contributed by atoms with Gasteiger partial charge in [-0.3, -0.25) is 4.79 Å². The van der Waals surface area contributed by atoms with Crippen LogP contribution in [0.3, 0.4) is 0 Å². The zero-order valence-corrected chi connectivity index (χ0v) is 12.1. The number of benzene rings is 1. The summed E-state index contributed by atoms with van der Waals surface area (Å²) in [4.78, 5) is 25.1. The van der Waals surface area contributed by atoms with Crippen LogP contribution in [0.1, 0.15) is 29.8 Å². The molecule has 0 spiro atoms. The van der Waals surface area contributed by atoms with Crippen LogP contribution in [0.15, 0.2) is 24.3 Å². The van der Waals surface area contributed by atoms with Gasteiger partial charge in [0.15, 0.2) is 0 Å². The molecule has 1 aromatic rings.